The SMILES string of the molecule is Cn1cc(S(=O)(=O)NC2(C#N)CCCCC2)c(Br)n1. The van der Waals surface area contributed by atoms with Crippen molar-refractivity contribution in [2.24, 2.45) is 7.05 Å². The van der Waals surface area contributed by atoms with Crippen LogP contribution >= 0.6 is 15.9 Å². The molecule has 1 N–H and O–H groups in total. The second-order valence-corrected chi connectivity index (χ2v) is 7.22. The molecule has 0 saturated heterocycles. The minimum absolute atomic E-state index is 0.0650. The van der Waals surface area contributed by atoms with Crippen molar-refractivity contribution in [1.29, 1.82) is 5.26 Å². The average Bonchev–Trinajstić information content (AvgIpc) is 2.70. The molecule has 0 aromatic carbocycles. The number of nitriles is 1. The first kappa shape index (κ1) is 14.5. The summed E-state index contributed by atoms with van der Waals surface area (Å²) in [6.07, 6.45) is 5.30. The summed E-state index contributed by atoms with van der Waals surface area (Å²) >= 11 is 3.12. The van der Waals surface area contributed by atoms with Gasteiger partial charge in [0.1, 0.15) is 15.0 Å². The highest BCUT2D eigenvalue weighted by molar-refractivity contribution is 9.10. The van der Waals surface area contributed by atoms with Gasteiger partial charge in [-0.05, 0) is 28.8 Å². The summed E-state index contributed by atoms with van der Waals surface area (Å²) in [5, 5.41) is 13.3. The molecule has 0 bridgehead atoms. The van der Waals surface area contributed by atoms with Gasteiger partial charge in [-0.1, -0.05) is 19.3 Å². The third-order valence-corrected chi connectivity index (χ3v) is 5.68. The van der Waals surface area contributed by atoms with Crippen molar-refractivity contribution in [3.63, 3.8) is 0 Å². The molecular formula is C11H15BrN4O2S. The van der Waals surface area contributed by atoms with Crippen LogP contribution in [0.3, 0.4) is 0 Å². The van der Waals surface area contributed by atoms with Gasteiger partial charge in [-0.25, -0.2) is 8.42 Å². The quantitative estimate of drug-likeness (QED) is 0.901. The van der Waals surface area contributed by atoms with E-state index in [0.717, 1.165) is 19.3 Å². The van der Waals surface area contributed by atoms with Crippen molar-refractivity contribution in [2.45, 2.75) is 42.5 Å². The molecule has 0 radical (unpaired) electrons. The molecule has 6 nitrogen and oxygen atoms in total. The third kappa shape index (κ3) is 2.99. The topological polar surface area (TPSA) is 87.8 Å². The number of sulfonamides is 1. The molecule has 1 heterocycles. The van der Waals surface area contributed by atoms with Gasteiger partial charge < -0.3 is 0 Å². The molecular weight excluding hydrogens is 332 g/mol. The van der Waals surface area contributed by atoms with Crippen LogP contribution < -0.4 is 4.72 Å². The lowest BCUT2D eigenvalue weighted by atomic mass is 9.84. The summed E-state index contributed by atoms with van der Waals surface area (Å²) in [6.45, 7) is 0. The largest absolute Gasteiger partial charge is 0.273 e. The van der Waals surface area contributed by atoms with Crippen molar-refractivity contribution < 1.29 is 8.42 Å². The second kappa shape index (κ2) is 5.23. The monoisotopic (exact) mass is 346 g/mol. The summed E-state index contributed by atoms with van der Waals surface area (Å²) in [7, 11) is -2.10. The first-order valence-corrected chi connectivity index (χ1v) is 8.31. The van der Waals surface area contributed by atoms with Gasteiger partial charge in [0.2, 0.25) is 10.0 Å². The molecule has 0 unspecified atom stereocenters. The van der Waals surface area contributed by atoms with E-state index in [4.69, 9.17) is 0 Å². The van der Waals surface area contributed by atoms with Crippen LogP contribution in [0.15, 0.2) is 15.7 Å². The Balaban J connectivity index is 2.31. The molecule has 8 heteroatoms. The number of hydrogen-bond acceptors (Lipinski definition) is 4. The Kier molecular flexibility index (Phi) is 3.99. The first-order chi connectivity index (χ1) is 8.88. The van der Waals surface area contributed by atoms with Crippen molar-refractivity contribution in [2.75, 3.05) is 0 Å². The maximum absolute atomic E-state index is 12.4. The van der Waals surface area contributed by atoms with Gasteiger partial charge >= 0.3 is 0 Å². The number of nitrogens with one attached hydrogen (secondary N) is 1. The van der Waals surface area contributed by atoms with Gasteiger partial charge in [-0.3, -0.25) is 4.68 Å². The van der Waals surface area contributed by atoms with Gasteiger partial charge in [0, 0.05) is 13.2 Å². The van der Waals surface area contributed by atoms with Crippen LogP contribution in [0.25, 0.3) is 0 Å². The fourth-order valence-corrected chi connectivity index (χ4v) is 4.74. The predicted octanol–water partition coefficient (Wildman–Crippen LogP) is 1.69. The zero-order valence-electron chi connectivity index (χ0n) is 10.6. The normalized spacial score (nSPS) is 19.0. The summed E-state index contributed by atoms with van der Waals surface area (Å²) in [4.78, 5) is 0.0650. The van der Waals surface area contributed by atoms with Crippen LogP contribution in [-0.2, 0) is 17.1 Å². The molecule has 1 fully saturated rings. The summed E-state index contributed by atoms with van der Waals surface area (Å²) in [5.74, 6) is 0. The van der Waals surface area contributed by atoms with Gasteiger partial charge in [0.15, 0.2) is 0 Å². The number of nitrogens with zero attached hydrogens (tertiary/aromatic N) is 3. The van der Waals surface area contributed by atoms with Crippen LogP contribution in [0.5, 0.6) is 0 Å². The number of halogens is 1. The molecule has 0 amide bonds. The van der Waals surface area contributed by atoms with Gasteiger partial charge in [0.05, 0.1) is 6.07 Å². The van der Waals surface area contributed by atoms with Gasteiger partial charge in [-0.2, -0.15) is 15.1 Å². The fraction of sp³-hybridized carbons (Fsp3) is 0.636. The Morgan fingerprint density at radius 1 is 1.47 bits per heavy atom. The Labute approximate surface area is 121 Å². The van der Waals surface area contributed by atoms with E-state index in [9.17, 15) is 13.7 Å². The van der Waals surface area contributed by atoms with Crippen molar-refractivity contribution >= 4 is 26.0 Å². The van der Waals surface area contributed by atoms with Crippen molar-refractivity contribution in [1.82, 2.24) is 14.5 Å². The van der Waals surface area contributed by atoms with Gasteiger partial charge in [-0.15, -0.1) is 0 Å². The molecule has 0 aliphatic heterocycles. The average molecular weight is 347 g/mol. The molecule has 19 heavy (non-hydrogen) atoms. The number of aryl methyl sites for hydroxylation is 1. The molecule has 0 spiro atoms. The number of aromatic nitrogens is 2. The Bertz CT molecular complexity index is 611. The smallest absolute Gasteiger partial charge is 0.246 e. The van der Waals surface area contributed by atoms with E-state index in [1.165, 1.54) is 10.9 Å². The molecule has 1 aromatic rings. The fourth-order valence-electron chi connectivity index (χ4n) is 2.32. The Morgan fingerprint density at radius 3 is 2.58 bits per heavy atom. The first-order valence-electron chi connectivity index (χ1n) is 6.03. The lowest BCUT2D eigenvalue weighted by molar-refractivity contribution is 0.338. The van der Waals surface area contributed by atoms with E-state index >= 15 is 0 Å². The summed E-state index contributed by atoms with van der Waals surface area (Å²) in [6, 6.07) is 2.14. The minimum atomic E-state index is -3.74. The standard InChI is InChI=1S/C11H15BrN4O2S/c1-16-7-9(10(12)14-16)19(17,18)15-11(8-13)5-3-2-4-6-11/h7,15H,2-6H2,1H3. The highest BCUT2D eigenvalue weighted by Crippen LogP contribution is 2.30. The second-order valence-electron chi connectivity index (χ2n) is 4.82. The van der Waals surface area contributed by atoms with Gasteiger partial charge in [0.25, 0.3) is 0 Å². The maximum Gasteiger partial charge on any atom is 0.246 e. The third-order valence-electron chi connectivity index (χ3n) is 3.29. The van der Waals surface area contributed by atoms with E-state index < -0.39 is 15.6 Å². The zero-order chi connectivity index (χ0) is 14.1. The molecule has 1 aromatic heterocycles. The Morgan fingerprint density at radius 2 is 2.11 bits per heavy atom. The van der Waals surface area contributed by atoms with Crippen molar-refractivity contribution in [3.05, 3.63) is 10.8 Å². The highest BCUT2D eigenvalue weighted by Gasteiger charge is 2.37. The highest BCUT2D eigenvalue weighted by atomic mass is 79.9. The van der Waals surface area contributed by atoms with E-state index in [2.05, 4.69) is 31.8 Å². The minimum Gasteiger partial charge on any atom is -0.273 e. The molecule has 1 saturated carbocycles. The number of rotatable bonds is 3. The lowest BCUT2D eigenvalue weighted by Crippen LogP contribution is -2.48. The van der Waals surface area contributed by atoms with E-state index in [0.29, 0.717) is 12.8 Å². The predicted molar refractivity (Wildman–Crippen MR) is 72.7 cm³/mol. The van der Waals surface area contributed by atoms with Crippen LogP contribution in [-0.4, -0.2) is 23.7 Å². The summed E-state index contributed by atoms with van der Waals surface area (Å²) in [5.41, 5.74) is -0.980. The van der Waals surface area contributed by atoms with E-state index in [-0.39, 0.29) is 9.50 Å². The number of hydrogen-bond donors (Lipinski definition) is 1. The Hall–Kier alpha value is -0.910. The van der Waals surface area contributed by atoms with Crippen LogP contribution in [0.2, 0.25) is 0 Å². The van der Waals surface area contributed by atoms with Crippen molar-refractivity contribution in [3.8, 4) is 6.07 Å². The zero-order valence-corrected chi connectivity index (χ0v) is 13.0. The lowest BCUT2D eigenvalue weighted by Gasteiger charge is -2.30. The van der Waals surface area contributed by atoms with E-state index in [1.807, 2.05) is 0 Å². The molecule has 0 atom stereocenters. The van der Waals surface area contributed by atoms with Crippen LogP contribution in [0.4, 0.5) is 0 Å². The molecule has 2 rings (SSSR count). The molecule has 1 aliphatic rings. The molecule has 104 valence electrons. The van der Waals surface area contributed by atoms with Crippen LogP contribution in [0, 0.1) is 11.3 Å². The molecule has 1 aliphatic carbocycles. The maximum atomic E-state index is 12.4. The summed E-state index contributed by atoms with van der Waals surface area (Å²) < 4.78 is 28.9. The van der Waals surface area contributed by atoms with Crippen LogP contribution in [0.1, 0.15) is 32.1 Å². The van der Waals surface area contributed by atoms with E-state index in [1.54, 1.807) is 7.05 Å².